The van der Waals surface area contributed by atoms with Gasteiger partial charge in [-0.3, -0.25) is 4.79 Å². The van der Waals surface area contributed by atoms with Gasteiger partial charge < -0.3 is 15.4 Å². The number of carbonyl (C=O) groups excluding carboxylic acids is 1. The van der Waals surface area contributed by atoms with E-state index in [1.165, 1.54) is 12.1 Å². The number of benzene rings is 1. The van der Waals surface area contributed by atoms with Gasteiger partial charge in [0, 0.05) is 18.6 Å². The standard InChI is InChI=1S/C15H20ClFN2O2.ClH/c1-10(18)13-4-2-3-7-19(13)15(20)9-21-14-6-5-11(17)8-12(14)16;/h5-6,8,10,13H,2-4,7,9,18H2,1H3;1H. The molecule has 0 saturated carbocycles. The number of carbonyl (C=O) groups is 1. The van der Waals surface area contributed by atoms with Crippen LogP contribution in [0, 0.1) is 5.82 Å². The number of piperidine rings is 1. The maximum absolute atomic E-state index is 12.9. The molecular weight excluding hydrogens is 330 g/mol. The Hall–Kier alpha value is -1.04. The molecule has 1 saturated heterocycles. The van der Waals surface area contributed by atoms with Crippen molar-refractivity contribution < 1.29 is 13.9 Å². The maximum atomic E-state index is 12.9. The summed E-state index contributed by atoms with van der Waals surface area (Å²) in [5.41, 5.74) is 5.95. The average Bonchev–Trinajstić information content (AvgIpc) is 2.46. The van der Waals surface area contributed by atoms with Gasteiger partial charge in [0.15, 0.2) is 6.61 Å². The van der Waals surface area contributed by atoms with E-state index in [0.717, 1.165) is 25.3 Å². The van der Waals surface area contributed by atoms with Gasteiger partial charge in [-0.15, -0.1) is 12.4 Å². The molecule has 0 bridgehead atoms. The Morgan fingerprint density at radius 2 is 2.27 bits per heavy atom. The topological polar surface area (TPSA) is 55.6 Å². The zero-order valence-corrected chi connectivity index (χ0v) is 14.0. The van der Waals surface area contributed by atoms with Crippen LogP contribution in [0.5, 0.6) is 5.75 Å². The number of nitrogens with two attached hydrogens (primary N) is 1. The third-order valence-corrected chi connectivity index (χ3v) is 4.02. The van der Waals surface area contributed by atoms with Crippen molar-refractivity contribution in [1.82, 2.24) is 4.90 Å². The summed E-state index contributed by atoms with van der Waals surface area (Å²) in [6.07, 6.45) is 2.98. The van der Waals surface area contributed by atoms with E-state index in [1.54, 1.807) is 4.90 Å². The van der Waals surface area contributed by atoms with Gasteiger partial charge in [0.2, 0.25) is 0 Å². The molecule has 2 N–H and O–H groups in total. The fourth-order valence-corrected chi connectivity index (χ4v) is 2.85. The number of likely N-dealkylation sites (tertiary alicyclic amines) is 1. The van der Waals surface area contributed by atoms with Gasteiger partial charge in [-0.1, -0.05) is 11.6 Å². The molecule has 2 atom stereocenters. The molecular formula is C15H21Cl2FN2O2. The fraction of sp³-hybridized carbons (Fsp3) is 0.533. The van der Waals surface area contributed by atoms with Crippen LogP contribution in [0.3, 0.4) is 0 Å². The highest BCUT2D eigenvalue weighted by molar-refractivity contribution is 6.32. The molecule has 0 spiro atoms. The molecule has 22 heavy (non-hydrogen) atoms. The summed E-state index contributed by atoms with van der Waals surface area (Å²) in [6, 6.07) is 3.82. The zero-order valence-electron chi connectivity index (χ0n) is 12.4. The number of hydrogen-bond acceptors (Lipinski definition) is 3. The van der Waals surface area contributed by atoms with Crippen LogP contribution in [0.25, 0.3) is 0 Å². The van der Waals surface area contributed by atoms with Gasteiger partial charge in [-0.2, -0.15) is 0 Å². The molecule has 0 radical (unpaired) electrons. The van der Waals surface area contributed by atoms with Crippen LogP contribution in [0.2, 0.25) is 5.02 Å². The highest BCUT2D eigenvalue weighted by Crippen LogP contribution is 2.25. The monoisotopic (exact) mass is 350 g/mol. The van der Waals surface area contributed by atoms with Gasteiger partial charge in [0.25, 0.3) is 5.91 Å². The van der Waals surface area contributed by atoms with Gasteiger partial charge in [0.05, 0.1) is 5.02 Å². The van der Waals surface area contributed by atoms with Crippen molar-refractivity contribution in [1.29, 1.82) is 0 Å². The van der Waals surface area contributed by atoms with Crippen LogP contribution in [0.15, 0.2) is 18.2 Å². The number of ether oxygens (including phenoxy) is 1. The third-order valence-electron chi connectivity index (χ3n) is 3.72. The maximum Gasteiger partial charge on any atom is 0.260 e. The van der Waals surface area contributed by atoms with Crippen molar-refractivity contribution in [2.75, 3.05) is 13.2 Å². The van der Waals surface area contributed by atoms with E-state index in [4.69, 9.17) is 22.1 Å². The normalized spacial score (nSPS) is 19.3. The van der Waals surface area contributed by atoms with Crippen LogP contribution >= 0.6 is 24.0 Å². The fourth-order valence-electron chi connectivity index (χ4n) is 2.63. The Morgan fingerprint density at radius 3 is 2.91 bits per heavy atom. The Labute approximate surface area is 141 Å². The van der Waals surface area contributed by atoms with Crippen molar-refractivity contribution in [2.45, 2.75) is 38.3 Å². The summed E-state index contributed by atoms with van der Waals surface area (Å²) in [6.45, 7) is 2.49. The van der Waals surface area contributed by atoms with Crippen LogP contribution < -0.4 is 10.5 Å². The van der Waals surface area contributed by atoms with Crippen molar-refractivity contribution in [2.24, 2.45) is 5.73 Å². The summed E-state index contributed by atoms with van der Waals surface area (Å²) in [7, 11) is 0. The summed E-state index contributed by atoms with van der Waals surface area (Å²) < 4.78 is 18.4. The molecule has 7 heteroatoms. The average molecular weight is 351 g/mol. The second kappa shape index (κ2) is 8.56. The molecule has 1 amide bonds. The zero-order chi connectivity index (χ0) is 15.4. The summed E-state index contributed by atoms with van der Waals surface area (Å²) in [4.78, 5) is 14.1. The smallest absolute Gasteiger partial charge is 0.260 e. The molecule has 1 aromatic rings. The summed E-state index contributed by atoms with van der Waals surface area (Å²) >= 11 is 5.87. The van der Waals surface area contributed by atoms with Gasteiger partial charge >= 0.3 is 0 Å². The minimum Gasteiger partial charge on any atom is -0.482 e. The Balaban J connectivity index is 0.00000242. The number of hydrogen-bond donors (Lipinski definition) is 1. The van der Waals surface area contributed by atoms with Crippen LogP contribution in [0.4, 0.5) is 4.39 Å². The quantitative estimate of drug-likeness (QED) is 0.907. The third kappa shape index (κ3) is 4.73. The number of halogens is 3. The first-order valence-electron chi connectivity index (χ1n) is 7.12. The van der Waals surface area contributed by atoms with Gasteiger partial charge in [0.1, 0.15) is 11.6 Å². The lowest BCUT2D eigenvalue weighted by atomic mass is 9.97. The number of nitrogens with zero attached hydrogens (tertiary/aromatic N) is 1. The van der Waals surface area contributed by atoms with Crippen molar-refractivity contribution in [3.8, 4) is 5.75 Å². The van der Waals surface area contributed by atoms with E-state index < -0.39 is 5.82 Å². The first-order valence-corrected chi connectivity index (χ1v) is 7.49. The molecule has 1 aromatic carbocycles. The molecule has 1 heterocycles. The second-order valence-corrected chi connectivity index (χ2v) is 5.78. The Kier molecular flexibility index (Phi) is 7.39. The Bertz CT molecular complexity index is 514. The van der Waals surface area contributed by atoms with E-state index in [-0.39, 0.29) is 42.0 Å². The SMILES string of the molecule is CC(N)C1CCCCN1C(=O)COc1ccc(F)cc1Cl.Cl. The second-order valence-electron chi connectivity index (χ2n) is 5.37. The summed E-state index contributed by atoms with van der Waals surface area (Å²) in [5.74, 6) is -0.245. The highest BCUT2D eigenvalue weighted by atomic mass is 35.5. The minimum absolute atomic E-state index is 0. The first-order chi connectivity index (χ1) is 9.99. The predicted octanol–water partition coefficient (Wildman–Crippen LogP) is 3.01. The van der Waals surface area contributed by atoms with E-state index in [0.29, 0.717) is 12.3 Å². The van der Waals surface area contributed by atoms with E-state index in [2.05, 4.69) is 0 Å². The minimum atomic E-state index is -0.438. The molecule has 4 nitrogen and oxygen atoms in total. The van der Waals surface area contributed by atoms with Gasteiger partial charge in [-0.25, -0.2) is 4.39 Å². The molecule has 2 rings (SSSR count). The lowest BCUT2D eigenvalue weighted by molar-refractivity contribution is -0.137. The molecule has 0 aliphatic carbocycles. The van der Waals surface area contributed by atoms with Crippen LogP contribution in [0.1, 0.15) is 26.2 Å². The number of rotatable bonds is 4. The molecule has 1 aliphatic rings. The van der Waals surface area contributed by atoms with E-state index in [1.807, 2.05) is 6.92 Å². The highest BCUT2D eigenvalue weighted by Gasteiger charge is 2.29. The van der Waals surface area contributed by atoms with Crippen molar-refractivity contribution >= 4 is 29.9 Å². The Morgan fingerprint density at radius 1 is 1.55 bits per heavy atom. The first kappa shape index (κ1) is 19.0. The lowest BCUT2D eigenvalue weighted by Gasteiger charge is -2.38. The molecule has 1 fully saturated rings. The molecule has 1 aliphatic heterocycles. The molecule has 124 valence electrons. The molecule has 0 aromatic heterocycles. The predicted molar refractivity (Wildman–Crippen MR) is 87.2 cm³/mol. The van der Waals surface area contributed by atoms with E-state index in [9.17, 15) is 9.18 Å². The number of amides is 1. The van der Waals surface area contributed by atoms with Crippen molar-refractivity contribution in [3.05, 3.63) is 29.0 Å². The lowest BCUT2D eigenvalue weighted by Crippen LogP contribution is -2.52. The van der Waals surface area contributed by atoms with E-state index >= 15 is 0 Å². The van der Waals surface area contributed by atoms with Crippen LogP contribution in [-0.2, 0) is 4.79 Å². The summed E-state index contributed by atoms with van der Waals surface area (Å²) in [5, 5.41) is 0.158. The van der Waals surface area contributed by atoms with Gasteiger partial charge in [-0.05, 0) is 44.4 Å². The largest absolute Gasteiger partial charge is 0.482 e. The van der Waals surface area contributed by atoms with Crippen molar-refractivity contribution in [3.63, 3.8) is 0 Å². The molecule has 2 unspecified atom stereocenters. The van der Waals surface area contributed by atoms with Crippen LogP contribution in [-0.4, -0.2) is 36.0 Å².